The Bertz CT molecular complexity index is 37.7. The van der Waals surface area contributed by atoms with E-state index in [1.54, 1.807) is 10.5 Å². The molecule has 0 aromatic heterocycles. The second-order valence-corrected chi connectivity index (χ2v) is 9.74. The van der Waals surface area contributed by atoms with Crippen molar-refractivity contribution in [1.82, 2.24) is 0 Å². The maximum absolute atomic E-state index is 2.53. The van der Waals surface area contributed by atoms with Crippen molar-refractivity contribution >= 4 is 14.3 Å². The SMILES string of the molecule is CC[CH2][GeH]([CH3])[CH2]CC. The average Bonchev–Trinajstić information content (AvgIpc) is 1.68. The average molecular weight is 175 g/mol. The molecule has 0 aromatic rings. The van der Waals surface area contributed by atoms with Crippen LogP contribution in [-0.2, 0) is 0 Å². The van der Waals surface area contributed by atoms with Gasteiger partial charge in [0.15, 0.2) is 0 Å². The summed E-state index contributed by atoms with van der Waals surface area (Å²) < 4.78 is 0. The molecule has 0 saturated carbocycles. The zero-order valence-electron chi connectivity index (χ0n) is 6.41. The third-order valence-electron chi connectivity index (χ3n) is 1.56. The van der Waals surface area contributed by atoms with E-state index >= 15 is 0 Å². The van der Waals surface area contributed by atoms with E-state index in [0.29, 0.717) is 0 Å². The Labute approximate surface area is 57.8 Å². The van der Waals surface area contributed by atoms with Crippen LogP contribution in [0.25, 0.3) is 0 Å². The summed E-state index contributed by atoms with van der Waals surface area (Å²) in [6.45, 7) is 4.61. The molecule has 0 spiro atoms. The fraction of sp³-hybridized carbons (Fsp3) is 1.00. The summed E-state index contributed by atoms with van der Waals surface area (Å²) in [5.74, 6) is 2.53. The molecule has 0 rings (SSSR count). The second-order valence-electron chi connectivity index (χ2n) is 2.68. The molecule has 0 amide bonds. The molecule has 50 valence electrons. The van der Waals surface area contributed by atoms with Gasteiger partial charge in [-0.15, -0.1) is 0 Å². The van der Waals surface area contributed by atoms with Crippen LogP contribution < -0.4 is 0 Å². The van der Waals surface area contributed by atoms with Crippen molar-refractivity contribution < 1.29 is 0 Å². The van der Waals surface area contributed by atoms with Gasteiger partial charge in [0.05, 0.1) is 0 Å². The summed E-state index contributed by atoms with van der Waals surface area (Å²) in [6, 6.07) is 0. The molecule has 0 aliphatic heterocycles. The van der Waals surface area contributed by atoms with E-state index in [1.807, 2.05) is 0 Å². The molecular weight excluding hydrogens is 157 g/mol. The monoisotopic (exact) mass is 176 g/mol. The molecule has 0 aliphatic rings. The second kappa shape index (κ2) is 5.68. The maximum atomic E-state index is 2.53. The number of rotatable bonds is 4. The zero-order chi connectivity index (χ0) is 6.41. The zero-order valence-corrected chi connectivity index (χ0v) is 8.83. The van der Waals surface area contributed by atoms with E-state index in [2.05, 4.69) is 19.6 Å². The molecular formula is C7H18Ge. The first-order valence-corrected chi connectivity index (χ1v) is 9.66. The molecule has 0 nitrogen and oxygen atoms in total. The Kier molecular flexibility index (Phi) is 6.06. The number of hydrogen-bond donors (Lipinski definition) is 0. The van der Waals surface area contributed by atoms with Gasteiger partial charge in [0.1, 0.15) is 0 Å². The van der Waals surface area contributed by atoms with Crippen molar-refractivity contribution in [3.63, 3.8) is 0 Å². The van der Waals surface area contributed by atoms with Crippen LogP contribution in [0.5, 0.6) is 0 Å². The topological polar surface area (TPSA) is 0 Å². The summed E-state index contributed by atoms with van der Waals surface area (Å²) in [4.78, 5) is 0. The van der Waals surface area contributed by atoms with Crippen LogP contribution in [0.1, 0.15) is 26.7 Å². The Balaban J connectivity index is 2.92. The van der Waals surface area contributed by atoms with E-state index < -0.39 is 14.3 Å². The van der Waals surface area contributed by atoms with Crippen LogP contribution >= 0.6 is 0 Å². The van der Waals surface area contributed by atoms with Crippen molar-refractivity contribution in [1.29, 1.82) is 0 Å². The molecule has 0 aromatic carbocycles. The Morgan fingerprint density at radius 1 is 1.00 bits per heavy atom. The molecule has 0 aliphatic carbocycles. The van der Waals surface area contributed by atoms with Gasteiger partial charge in [-0.3, -0.25) is 0 Å². The van der Waals surface area contributed by atoms with Gasteiger partial charge < -0.3 is 0 Å². The Morgan fingerprint density at radius 3 is 1.62 bits per heavy atom. The minimum atomic E-state index is -0.610. The fourth-order valence-electron chi connectivity index (χ4n) is 1.13. The first kappa shape index (κ1) is 8.54. The fourth-order valence-corrected chi connectivity index (χ4v) is 5.87. The summed E-state index contributed by atoms with van der Waals surface area (Å²) in [6.07, 6.45) is 2.86. The van der Waals surface area contributed by atoms with E-state index in [9.17, 15) is 0 Å². The van der Waals surface area contributed by atoms with Crippen LogP contribution in [0.15, 0.2) is 0 Å². The van der Waals surface area contributed by atoms with Crippen LogP contribution in [0.3, 0.4) is 0 Å². The molecule has 0 radical (unpaired) electrons. The van der Waals surface area contributed by atoms with Crippen molar-refractivity contribution in [2.24, 2.45) is 0 Å². The normalized spacial score (nSPS) is 10.5. The Morgan fingerprint density at radius 2 is 1.38 bits per heavy atom. The van der Waals surface area contributed by atoms with Gasteiger partial charge in [-0.2, -0.15) is 0 Å². The van der Waals surface area contributed by atoms with Crippen LogP contribution in [0.2, 0.25) is 16.3 Å². The standard InChI is InChI=1S/C7H18Ge/c1-4-6-8(3)7-5-2/h8H,4-7H2,1-3H3. The van der Waals surface area contributed by atoms with Gasteiger partial charge in [-0.25, -0.2) is 0 Å². The molecule has 0 atom stereocenters. The molecule has 0 N–H and O–H groups in total. The minimum absolute atomic E-state index is 0.610. The third kappa shape index (κ3) is 4.70. The van der Waals surface area contributed by atoms with Crippen LogP contribution in [0, 0.1) is 0 Å². The van der Waals surface area contributed by atoms with Crippen molar-refractivity contribution in [2.75, 3.05) is 0 Å². The van der Waals surface area contributed by atoms with Gasteiger partial charge in [0, 0.05) is 0 Å². The van der Waals surface area contributed by atoms with Gasteiger partial charge in [0.2, 0.25) is 0 Å². The van der Waals surface area contributed by atoms with Crippen molar-refractivity contribution in [3.05, 3.63) is 0 Å². The predicted octanol–water partition coefficient (Wildman–Crippen LogP) is 2.66. The third-order valence-corrected chi connectivity index (χ3v) is 8.12. The predicted molar refractivity (Wildman–Crippen MR) is 43.2 cm³/mol. The Hall–Kier alpha value is 0.543. The van der Waals surface area contributed by atoms with Gasteiger partial charge in [0.25, 0.3) is 0 Å². The molecule has 0 saturated heterocycles. The van der Waals surface area contributed by atoms with Crippen molar-refractivity contribution in [3.8, 4) is 0 Å². The summed E-state index contributed by atoms with van der Waals surface area (Å²) in [5.41, 5.74) is 0. The quantitative estimate of drug-likeness (QED) is 0.576. The first-order valence-electron chi connectivity index (χ1n) is 3.81. The summed E-state index contributed by atoms with van der Waals surface area (Å²) in [5, 5.41) is 3.20. The van der Waals surface area contributed by atoms with E-state index in [1.165, 1.54) is 12.8 Å². The first-order chi connectivity index (χ1) is 3.81. The molecule has 1 heteroatoms. The molecule has 0 unspecified atom stereocenters. The van der Waals surface area contributed by atoms with Gasteiger partial charge >= 0.3 is 57.3 Å². The van der Waals surface area contributed by atoms with E-state index in [4.69, 9.17) is 0 Å². The summed E-state index contributed by atoms with van der Waals surface area (Å²) in [7, 11) is 0. The van der Waals surface area contributed by atoms with Crippen LogP contribution in [-0.4, -0.2) is 14.3 Å². The van der Waals surface area contributed by atoms with Gasteiger partial charge in [-0.05, 0) is 0 Å². The molecule has 0 bridgehead atoms. The van der Waals surface area contributed by atoms with Gasteiger partial charge in [-0.1, -0.05) is 0 Å². The van der Waals surface area contributed by atoms with E-state index in [-0.39, 0.29) is 0 Å². The molecule has 0 fully saturated rings. The van der Waals surface area contributed by atoms with Crippen LogP contribution in [0.4, 0.5) is 0 Å². The molecule has 8 heavy (non-hydrogen) atoms. The molecule has 0 heterocycles. The van der Waals surface area contributed by atoms with Crippen molar-refractivity contribution in [2.45, 2.75) is 43.0 Å². The summed E-state index contributed by atoms with van der Waals surface area (Å²) >= 11 is -0.610. The van der Waals surface area contributed by atoms with E-state index in [0.717, 1.165) is 0 Å². The number of hydrogen-bond acceptors (Lipinski definition) is 0.